The highest BCUT2D eigenvalue weighted by atomic mass is 32.2. The van der Waals surface area contributed by atoms with Gasteiger partial charge in [0.15, 0.2) is 9.84 Å². The van der Waals surface area contributed by atoms with Gasteiger partial charge in [0.25, 0.3) is 0 Å². The number of sulfone groups is 1. The zero-order valence-electron chi connectivity index (χ0n) is 14.1. The third kappa shape index (κ3) is 3.60. The first-order valence-corrected chi connectivity index (χ1v) is 9.98. The Balaban J connectivity index is 1.77. The van der Waals surface area contributed by atoms with Crippen molar-refractivity contribution in [2.75, 3.05) is 5.75 Å². The van der Waals surface area contributed by atoms with Gasteiger partial charge in [-0.2, -0.15) is 0 Å². The topological polar surface area (TPSA) is 89.3 Å². The van der Waals surface area contributed by atoms with E-state index >= 15 is 0 Å². The lowest BCUT2D eigenvalue weighted by atomic mass is 9.93. The molecule has 3 unspecified atom stereocenters. The van der Waals surface area contributed by atoms with Crippen LogP contribution in [0.3, 0.4) is 0 Å². The Bertz CT molecular complexity index is 865. The van der Waals surface area contributed by atoms with Crippen LogP contribution in [0.25, 0.3) is 0 Å². The van der Waals surface area contributed by atoms with E-state index in [4.69, 9.17) is 5.73 Å². The van der Waals surface area contributed by atoms with Gasteiger partial charge in [-0.05, 0) is 23.6 Å². The molecule has 132 valence electrons. The summed E-state index contributed by atoms with van der Waals surface area (Å²) in [5, 5.41) is 2.98. The lowest BCUT2D eigenvalue weighted by molar-refractivity contribution is -0.126. The molecule has 0 fully saturated rings. The molecule has 0 saturated carbocycles. The minimum absolute atomic E-state index is 0.0358. The lowest BCUT2D eigenvalue weighted by Gasteiger charge is -2.28. The molecule has 0 aromatic heterocycles. The van der Waals surface area contributed by atoms with Gasteiger partial charge in [0.1, 0.15) is 0 Å². The van der Waals surface area contributed by atoms with Gasteiger partial charge in [-0.15, -0.1) is 0 Å². The minimum Gasteiger partial charge on any atom is -0.349 e. The first kappa shape index (κ1) is 17.6. The number of hydrogen-bond donors (Lipinski definition) is 2. The van der Waals surface area contributed by atoms with Crippen LogP contribution in [-0.4, -0.2) is 20.1 Å². The molecule has 1 aliphatic rings. The fourth-order valence-corrected chi connectivity index (χ4v) is 4.79. The highest BCUT2D eigenvalue weighted by Gasteiger charge is 2.32. The summed E-state index contributed by atoms with van der Waals surface area (Å²) in [6, 6.07) is 15.6. The average Bonchev–Trinajstić information content (AvgIpc) is 2.63. The van der Waals surface area contributed by atoms with Crippen molar-refractivity contribution in [3.05, 3.63) is 65.7 Å². The van der Waals surface area contributed by atoms with Gasteiger partial charge in [0.05, 0.1) is 22.6 Å². The second-order valence-corrected chi connectivity index (χ2v) is 8.51. The molecule has 2 aromatic carbocycles. The van der Waals surface area contributed by atoms with E-state index < -0.39 is 21.8 Å². The summed E-state index contributed by atoms with van der Waals surface area (Å²) in [4.78, 5) is 13.0. The number of hydrogen-bond acceptors (Lipinski definition) is 4. The molecule has 6 heteroatoms. The number of carbonyl (C=O) groups is 1. The maximum absolute atomic E-state index is 12.7. The van der Waals surface area contributed by atoms with E-state index in [1.807, 2.05) is 30.3 Å². The van der Waals surface area contributed by atoms with E-state index in [9.17, 15) is 13.2 Å². The number of fused-ring (bicyclic) bond motifs is 1. The summed E-state index contributed by atoms with van der Waals surface area (Å²) < 4.78 is 24.4. The van der Waals surface area contributed by atoms with Crippen molar-refractivity contribution in [3.63, 3.8) is 0 Å². The number of nitrogens with one attached hydrogen (secondary N) is 1. The van der Waals surface area contributed by atoms with E-state index in [1.54, 1.807) is 31.2 Å². The fraction of sp³-hybridized carbons (Fsp3) is 0.316. The highest BCUT2D eigenvalue weighted by molar-refractivity contribution is 7.91. The second kappa shape index (κ2) is 6.98. The zero-order chi connectivity index (χ0) is 18.0. The Hall–Kier alpha value is -2.18. The van der Waals surface area contributed by atoms with Crippen LogP contribution in [0.15, 0.2) is 59.5 Å². The molecule has 5 nitrogen and oxygen atoms in total. The minimum atomic E-state index is -3.27. The number of benzene rings is 2. The molecule has 0 radical (unpaired) electrons. The van der Waals surface area contributed by atoms with Gasteiger partial charge in [0.2, 0.25) is 5.91 Å². The number of amides is 1. The van der Waals surface area contributed by atoms with Gasteiger partial charge in [-0.1, -0.05) is 55.5 Å². The summed E-state index contributed by atoms with van der Waals surface area (Å²) in [7, 11) is -3.27. The first-order valence-electron chi connectivity index (χ1n) is 8.33. The monoisotopic (exact) mass is 358 g/mol. The molecular weight excluding hydrogens is 336 g/mol. The molecule has 0 bridgehead atoms. The van der Waals surface area contributed by atoms with Crippen molar-refractivity contribution in [1.29, 1.82) is 0 Å². The molecule has 3 atom stereocenters. The van der Waals surface area contributed by atoms with Gasteiger partial charge in [-0.25, -0.2) is 8.42 Å². The molecule has 3 N–H and O–H groups in total. The van der Waals surface area contributed by atoms with E-state index in [-0.39, 0.29) is 17.7 Å². The quantitative estimate of drug-likeness (QED) is 0.878. The lowest BCUT2D eigenvalue weighted by Crippen LogP contribution is -2.39. The van der Waals surface area contributed by atoms with Crippen LogP contribution in [0.5, 0.6) is 0 Å². The molecule has 2 aromatic rings. The predicted molar refractivity (Wildman–Crippen MR) is 96.5 cm³/mol. The van der Waals surface area contributed by atoms with Crippen LogP contribution >= 0.6 is 0 Å². The summed E-state index contributed by atoms with van der Waals surface area (Å²) in [5.41, 5.74) is 7.78. The maximum Gasteiger partial charge on any atom is 0.225 e. The van der Waals surface area contributed by atoms with Gasteiger partial charge < -0.3 is 11.1 Å². The predicted octanol–water partition coefficient (Wildman–Crippen LogP) is 2.36. The van der Waals surface area contributed by atoms with Crippen LogP contribution in [-0.2, 0) is 14.6 Å². The van der Waals surface area contributed by atoms with Gasteiger partial charge in [0, 0.05) is 6.04 Å². The van der Waals surface area contributed by atoms with Crippen LogP contribution in [0.2, 0.25) is 0 Å². The molecule has 0 spiro atoms. The van der Waals surface area contributed by atoms with E-state index in [1.165, 1.54) is 0 Å². The third-order valence-electron chi connectivity index (χ3n) is 4.76. The first-order chi connectivity index (χ1) is 11.9. The number of carbonyl (C=O) groups excluding carboxylic acids is 1. The van der Waals surface area contributed by atoms with Crippen molar-refractivity contribution >= 4 is 15.7 Å². The summed E-state index contributed by atoms with van der Waals surface area (Å²) in [6.07, 6.45) is 0.373. The van der Waals surface area contributed by atoms with Crippen LogP contribution < -0.4 is 11.1 Å². The second-order valence-electron chi connectivity index (χ2n) is 6.43. The Labute approximate surface area is 148 Å². The zero-order valence-corrected chi connectivity index (χ0v) is 14.9. The van der Waals surface area contributed by atoms with E-state index in [0.29, 0.717) is 16.9 Å². The fourth-order valence-electron chi connectivity index (χ4n) is 3.17. The van der Waals surface area contributed by atoms with E-state index in [2.05, 4.69) is 5.32 Å². The SMILES string of the molecule is CC(C(=O)NC1CCS(=O)(=O)c2ccccc21)C(N)c1ccccc1. The van der Waals surface area contributed by atoms with Crippen molar-refractivity contribution in [3.8, 4) is 0 Å². The van der Waals surface area contributed by atoms with Crippen molar-refractivity contribution in [2.24, 2.45) is 11.7 Å². The van der Waals surface area contributed by atoms with Gasteiger partial charge in [-0.3, -0.25) is 4.79 Å². The Morgan fingerprint density at radius 2 is 1.76 bits per heavy atom. The standard InChI is InChI=1S/C19H22N2O3S/c1-13(18(20)14-7-3-2-4-8-14)19(22)21-16-11-12-25(23,24)17-10-6-5-9-15(16)17/h2-10,13,16,18H,11-12,20H2,1H3,(H,21,22). The molecule has 25 heavy (non-hydrogen) atoms. The summed E-state index contributed by atoms with van der Waals surface area (Å²) >= 11 is 0. The maximum atomic E-state index is 12.7. The van der Waals surface area contributed by atoms with Crippen LogP contribution in [0.4, 0.5) is 0 Å². The molecule has 1 heterocycles. The Morgan fingerprint density at radius 1 is 1.12 bits per heavy atom. The molecule has 1 aliphatic heterocycles. The number of rotatable bonds is 4. The van der Waals surface area contributed by atoms with E-state index in [0.717, 1.165) is 5.56 Å². The third-order valence-corrected chi connectivity index (χ3v) is 6.57. The molecule has 1 amide bonds. The van der Waals surface area contributed by atoms with Crippen LogP contribution in [0, 0.1) is 5.92 Å². The molecule has 0 aliphatic carbocycles. The highest BCUT2D eigenvalue weighted by Crippen LogP contribution is 2.32. The molecule has 3 rings (SSSR count). The smallest absolute Gasteiger partial charge is 0.225 e. The Kier molecular flexibility index (Phi) is 4.92. The normalized spacial score (nSPS) is 21.0. The van der Waals surface area contributed by atoms with Crippen molar-refractivity contribution in [1.82, 2.24) is 5.32 Å². The molecule has 0 saturated heterocycles. The summed E-state index contributed by atoms with van der Waals surface area (Å²) in [5.74, 6) is -0.558. The summed E-state index contributed by atoms with van der Waals surface area (Å²) in [6.45, 7) is 1.79. The van der Waals surface area contributed by atoms with Crippen LogP contribution in [0.1, 0.15) is 36.6 Å². The largest absolute Gasteiger partial charge is 0.349 e. The Morgan fingerprint density at radius 3 is 2.48 bits per heavy atom. The molecular formula is C19H22N2O3S. The average molecular weight is 358 g/mol. The van der Waals surface area contributed by atoms with Crippen molar-refractivity contribution in [2.45, 2.75) is 30.3 Å². The van der Waals surface area contributed by atoms with Gasteiger partial charge >= 0.3 is 0 Å². The van der Waals surface area contributed by atoms with Crippen molar-refractivity contribution < 1.29 is 13.2 Å². The number of nitrogens with two attached hydrogens (primary N) is 1.